The molecule has 3 aromatic carbocycles. The maximum atomic E-state index is 13.9. The lowest BCUT2D eigenvalue weighted by atomic mass is 9.99. The van der Waals surface area contributed by atoms with Crippen LogP contribution in [0.1, 0.15) is 11.1 Å². The Kier molecular flexibility index (Phi) is 6.22. The molecule has 0 radical (unpaired) electrons. The Labute approximate surface area is 201 Å². The van der Waals surface area contributed by atoms with Gasteiger partial charge in [-0.25, -0.2) is 18.3 Å². The van der Waals surface area contributed by atoms with E-state index >= 15 is 0 Å². The molecule has 0 aliphatic carbocycles. The summed E-state index contributed by atoms with van der Waals surface area (Å²) in [5.74, 6) is -14.6. The number of hydrogen-bond donors (Lipinski definition) is 1. The van der Waals surface area contributed by atoms with Crippen LogP contribution in [-0.4, -0.2) is 18.6 Å². The molecule has 4 aromatic rings. The number of benzene rings is 3. The van der Waals surface area contributed by atoms with E-state index in [0.717, 1.165) is 30.3 Å². The van der Waals surface area contributed by atoms with Gasteiger partial charge < -0.3 is 4.18 Å². The van der Waals surface area contributed by atoms with Gasteiger partial charge in [0.15, 0.2) is 0 Å². The zero-order valence-corrected chi connectivity index (χ0v) is 18.8. The molecule has 37 heavy (non-hydrogen) atoms. The van der Waals surface area contributed by atoms with Crippen LogP contribution in [0.4, 0.5) is 35.1 Å². The van der Waals surface area contributed by atoms with Gasteiger partial charge in [-0.3, -0.25) is 4.79 Å². The van der Waals surface area contributed by atoms with Gasteiger partial charge in [-0.05, 0) is 36.8 Å². The van der Waals surface area contributed by atoms with Gasteiger partial charge in [0.1, 0.15) is 4.90 Å². The number of aryl methyl sites for hydroxylation is 1. The molecule has 0 unspecified atom stereocenters. The van der Waals surface area contributed by atoms with Crippen LogP contribution in [0, 0.1) is 36.0 Å². The highest BCUT2D eigenvalue weighted by molar-refractivity contribution is 7.87. The lowest BCUT2D eigenvalue weighted by Crippen LogP contribution is -2.16. The molecular weight excluding hydrogens is 540 g/mol. The van der Waals surface area contributed by atoms with E-state index in [9.17, 15) is 48.3 Å². The van der Waals surface area contributed by atoms with Crippen LogP contribution in [0.2, 0.25) is 0 Å². The summed E-state index contributed by atoms with van der Waals surface area (Å²) in [6, 6.07) is 5.18. The normalized spacial score (nSPS) is 12.2. The molecule has 0 atom stereocenters. The van der Waals surface area contributed by atoms with E-state index in [1.54, 1.807) is 0 Å². The zero-order chi connectivity index (χ0) is 27.4. The van der Waals surface area contributed by atoms with Crippen LogP contribution >= 0.6 is 0 Å². The Morgan fingerprint density at radius 3 is 2.00 bits per heavy atom. The molecular formula is C22H10F8N2O4S. The minimum atomic E-state index is -5.25. The third kappa shape index (κ3) is 4.50. The highest BCUT2D eigenvalue weighted by Gasteiger charge is 2.32. The molecule has 1 heterocycles. The molecule has 0 saturated carbocycles. The Morgan fingerprint density at radius 2 is 1.43 bits per heavy atom. The molecule has 4 rings (SSSR count). The zero-order valence-electron chi connectivity index (χ0n) is 18.0. The van der Waals surface area contributed by atoms with Crippen molar-refractivity contribution in [3.8, 4) is 17.0 Å². The largest absolute Gasteiger partial charge is 0.416 e. The maximum Gasteiger partial charge on any atom is 0.416 e. The Hall–Kier alpha value is -4.01. The average Bonchev–Trinajstić information content (AvgIpc) is 2.84. The lowest BCUT2D eigenvalue weighted by molar-refractivity contribution is -0.137. The molecule has 194 valence electrons. The standard InChI is InChI=1S/C22H10F8N2O4S/c1-8-6-9(22(28,29)30)2-4-11(8)19-12-5-3-10(7-13(12)21(33)32-31-19)37(34,35)36-20-17(26)15(24)14(23)16(25)18(20)27/h2-7H,1H3,(H,32,33). The van der Waals surface area contributed by atoms with Gasteiger partial charge in [-0.15, -0.1) is 0 Å². The summed E-state index contributed by atoms with van der Waals surface area (Å²) >= 11 is 0. The van der Waals surface area contributed by atoms with Crippen molar-refractivity contribution in [2.45, 2.75) is 18.0 Å². The van der Waals surface area contributed by atoms with Crippen LogP contribution in [0.15, 0.2) is 46.1 Å². The van der Waals surface area contributed by atoms with Crippen molar-refractivity contribution in [3.63, 3.8) is 0 Å². The first-order valence-electron chi connectivity index (χ1n) is 9.80. The Balaban J connectivity index is 1.83. The van der Waals surface area contributed by atoms with Crippen LogP contribution in [0.3, 0.4) is 0 Å². The van der Waals surface area contributed by atoms with Gasteiger partial charge in [-0.2, -0.15) is 35.5 Å². The monoisotopic (exact) mass is 550 g/mol. The molecule has 6 nitrogen and oxygen atoms in total. The van der Waals surface area contributed by atoms with Crippen molar-refractivity contribution in [3.05, 3.63) is 87.0 Å². The highest BCUT2D eigenvalue weighted by Crippen LogP contribution is 2.35. The number of aromatic amines is 1. The molecule has 15 heteroatoms. The smallest absolute Gasteiger partial charge is 0.372 e. The number of fused-ring (bicyclic) bond motifs is 1. The van der Waals surface area contributed by atoms with E-state index in [0.29, 0.717) is 6.07 Å². The molecule has 1 aromatic heterocycles. The minimum Gasteiger partial charge on any atom is -0.372 e. The third-order valence-corrected chi connectivity index (χ3v) is 6.44. The summed E-state index contributed by atoms with van der Waals surface area (Å²) in [7, 11) is -5.25. The van der Waals surface area contributed by atoms with E-state index in [4.69, 9.17) is 0 Å². The second-order valence-electron chi connectivity index (χ2n) is 7.57. The summed E-state index contributed by atoms with van der Waals surface area (Å²) in [4.78, 5) is 11.4. The number of H-pyrrole nitrogens is 1. The van der Waals surface area contributed by atoms with Gasteiger partial charge >= 0.3 is 16.3 Å². The first kappa shape index (κ1) is 26.1. The second-order valence-corrected chi connectivity index (χ2v) is 9.12. The number of aromatic nitrogens is 2. The predicted molar refractivity (Wildman–Crippen MR) is 112 cm³/mol. The number of nitrogens with zero attached hydrogens (tertiary/aromatic N) is 1. The van der Waals surface area contributed by atoms with Gasteiger partial charge in [-0.1, -0.05) is 12.1 Å². The fourth-order valence-corrected chi connectivity index (χ4v) is 4.39. The number of hydrogen-bond acceptors (Lipinski definition) is 5. The predicted octanol–water partition coefficient (Wildman–Crippen LogP) is 5.38. The first-order chi connectivity index (χ1) is 17.1. The van der Waals surface area contributed by atoms with Gasteiger partial charge in [0, 0.05) is 10.9 Å². The molecule has 0 aliphatic heterocycles. The second kappa shape index (κ2) is 8.83. The van der Waals surface area contributed by atoms with E-state index in [-0.39, 0.29) is 27.6 Å². The molecule has 0 fully saturated rings. The van der Waals surface area contributed by atoms with Crippen molar-refractivity contribution in [1.82, 2.24) is 10.2 Å². The molecule has 0 amide bonds. The Bertz CT molecular complexity index is 1720. The summed E-state index contributed by atoms with van der Waals surface area (Å²) in [5.41, 5.74) is -1.67. The quantitative estimate of drug-likeness (QED) is 0.160. The molecule has 0 saturated heterocycles. The van der Waals surface area contributed by atoms with Crippen LogP contribution in [-0.2, 0) is 16.3 Å². The van der Waals surface area contributed by atoms with E-state index in [1.807, 2.05) is 0 Å². The number of rotatable bonds is 4. The van der Waals surface area contributed by atoms with Crippen molar-refractivity contribution in [2.24, 2.45) is 0 Å². The third-order valence-electron chi connectivity index (χ3n) is 5.22. The number of alkyl halides is 3. The van der Waals surface area contributed by atoms with Gasteiger partial charge in [0.25, 0.3) is 5.56 Å². The topological polar surface area (TPSA) is 89.1 Å². The summed E-state index contributed by atoms with van der Waals surface area (Å²) < 4.78 is 136. The van der Waals surface area contributed by atoms with Gasteiger partial charge in [0.05, 0.1) is 16.6 Å². The fraction of sp³-hybridized carbons (Fsp3) is 0.0909. The SMILES string of the molecule is Cc1cc(C(F)(F)F)ccc1-c1n[nH]c(=O)c2cc(S(=O)(=O)Oc3c(F)c(F)c(F)c(F)c3F)ccc12. The molecule has 1 N–H and O–H groups in total. The van der Waals surface area contributed by atoms with E-state index in [2.05, 4.69) is 14.4 Å². The van der Waals surface area contributed by atoms with Crippen molar-refractivity contribution in [1.29, 1.82) is 0 Å². The maximum absolute atomic E-state index is 13.9. The van der Waals surface area contributed by atoms with Crippen molar-refractivity contribution < 1.29 is 47.7 Å². The van der Waals surface area contributed by atoms with Crippen LogP contribution in [0.25, 0.3) is 22.0 Å². The molecule has 0 aliphatic rings. The highest BCUT2D eigenvalue weighted by atomic mass is 32.2. The summed E-state index contributed by atoms with van der Waals surface area (Å²) in [6.45, 7) is 1.35. The molecule has 0 bridgehead atoms. The first-order valence-corrected chi connectivity index (χ1v) is 11.2. The van der Waals surface area contributed by atoms with Crippen LogP contribution < -0.4 is 9.74 Å². The molecule has 0 spiro atoms. The van der Waals surface area contributed by atoms with E-state index < -0.39 is 67.1 Å². The van der Waals surface area contributed by atoms with E-state index in [1.165, 1.54) is 6.92 Å². The van der Waals surface area contributed by atoms with Crippen LogP contribution in [0.5, 0.6) is 5.75 Å². The fourth-order valence-electron chi connectivity index (χ4n) is 3.43. The minimum absolute atomic E-state index is 0.0261. The summed E-state index contributed by atoms with van der Waals surface area (Å²) in [5, 5.41) is 5.47. The lowest BCUT2D eigenvalue weighted by Gasteiger charge is -2.13. The van der Waals surface area contributed by atoms with Crippen molar-refractivity contribution >= 4 is 20.9 Å². The Morgan fingerprint density at radius 1 is 0.838 bits per heavy atom. The number of halogens is 8. The number of nitrogens with one attached hydrogen (secondary N) is 1. The van der Waals surface area contributed by atoms with Gasteiger partial charge in [0.2, 0.25) is 34.8 Å². The average molecular weight is 550 g/mol. The summed E-state index contributed by atoms with van der Waals surface area (Å²) in [6.07, 6.45) is -4.62. The van der Waals surface area contributed by atoms with Crippen molar-refractivity contribution in [2.75, 3.05) is 0 Å².